The van der Waals surface area contributed by atoms with Gasteiger partial charge in [0.1, 0.15) is 5.69 Å². The quantitative estimate of drug-likeness (QED) is 0.623. The van der Waals surface area contributed by atoms with Crippen LogP contribution >= 0.6 is 0 Å². The largest absolute Gasteiger partial charge is 0.386 e. The molecule has 2 heterocycles. The standard InChI is InChI=1S/C24H31N5O2/c1-15(2)16-5-7-18(8-6-16)29-14-17-11-21(19(24(3,4)31)12-20(17)28-29)27-23(30)22-13-25-9-10-26-22/h9-16,18,31H,5-8H2,1-4H3,(H,27,30)/t16-,18-. The van der Waals surface area contributed by atoms with Crippen LogP contribution in [0.25, 0.3) is 10.9 Å². The molecule has 0 saturated heterocycles. The molecule has 1 aromatic carbocycles. The number of benzene rings is 1. The van der Waals surface area contributed by atoms with E-state index in [1.54, 1.807) is 13.8 Å². The fraction of sp³-hybridized carbons (Fsp3) is 0.500. The van der Waals surface area contributed by atoms with E-state index in [1.165, 1.54) is 31.4 Å². The lowest BCUT2D eigenvalue weighted by atomic mass is 9.80. The zero-order chi connectivity index (χ0) is 22.2. The van der Waals surface area contributed by atoms with Crippen molar-refractivity contribution in [1.82, 2.24) is 19.7 Å². The number of nitrogens with one attached hydrogen (secondary N) is 1. The van der Waals surface area contributed by atoms with Gasteiger partial charge >= 0.3 is 0 Å². The van der Waals surface area contributed by atoms with Crippen molar-refractivity contribution in [3.63, 3.8) is 0 Å². The van der Waals surface area contributed by atoms with Gasteiger partial charge in [0, 0.05) is 35.2 Å². The van der Waals surface area contributed by atoms with Gasteiger partial charge in [-0.15, -0.1) is 0 Å². The molecular weight excluding hydrogens is 390 g/mol. The van der Waals surface area contributed by atoms with Crippen molar-refractivity contribution in [2.45, 2.75) is 65.0 Å². The molecule has 0 radical (unpaired) electrons. The van der Waals surface area contributed by atoms with Crippen molar-refractivity contribution in [2.24, 2.45) is 11.8 Å². The van der Waals surface area contributed by atoms with Gasteiger partial charge in [-0.3, -0.25) is 14.5 Å². The molecule has 0 unspecified atom stereocenters. The second-order valence-corrected chi connectivity index (χ2v) is 9.48. The predicted octanol–water partition coefficient (Wildman–Crippen LogP) is 4.69. The van der Waals surface area contributed by atoms with Crippen molar-refractivity contribution in [3.8, 4) is 0 Å². The molecule has 2 aromatic heterocycles. The predicted molar refractivity (Wildman–Crippen MR) is 121 cm³/mol. The molecule has 7 nitrogen and oxygen atoms in total. The molecule has 0 aliphatic heterocycles. The number of amides is 1. The summed E-state index contributed by atoms with van der Waals surface area (Å²) in [5, 5.41) is 19.4. The number of carbonyl (C=O) groups excluding carboxylic acids is 1. The summed E-state index contributed by atoms with van der Waals surface area (Å²) in [5.41, 5.74) is 1.07. The Morgan fingerprint density at radius 1 is 1.19 bits per heavy atom. The van der Waals surface area contributed by atoms with Crippen LogP contribution in [0.5, 0.6) is 0 Å². The molecule has 31 heavy (non-hydrogen) atoms. The first-order chi connectivity index (χ1) is 14.7. The van der Waals surface area contributed by atoms with Gasteiger partial charge in [0.2, 0.25) is 0 Å². The second kappa shape index (κ2) is 8.38. The molecule has 7 heteroatoms. The van der Waals surface area contributed by atoms with E-state index in [-0.39, 0.29) is 11.6 Å². The third-order valence-corrected chi connectivity index (χ3v) is 6.42. The molecule has 3 aromatic rings. The monoisotopic (exact) mass is 421 g/mol. The third kappa shape index (κ3) is 4.61. The van der Waals surface area contributed by atoms with E-state index in [0.717, 1.165) is 35.6 Å². The Morgan fingerprint density at radius 3 is 2.55 bits per heavy atom. The van der Waals surface area contributed by atoms with Gasteiger partial charge in [0.15, 0.2) is 0 Å². The van der Waals surface area contributed by atoms with Crippen LogP contribution in [0.2, 0.25) is 0 Å². The second-order valence-electron chi connectivity index (χ2n) is 9.48. The maximum atomic E-state index is 12.7. The Kier molecular flexibility index (Phi) is 5.79. The van der Waals surface area contributed by atoms with Gasteiger partial charge in [0.25, 0.3) is 5.91 Å². The van der Waals surface area contributed by atoms with Crippen LogP contribution in [0.15, 0.2) is 36.9 Å². The smallest absolute Gasteiger partial charge is 0.275 e. The van der Waals surface area contributed by atoms with Crippen molar-refractivity contribution in [3.05, 3.63) is 48.2 Å². The zero-order valence-corrected chi connectivity index (χ0v) is 18.7. The molecule has 0 spiro atoms. The third-order valence-electron chi connectivity index (χ3n) is 6.42. The summed E-state index contributed by atoms with van der Waals surface area (Å²) in [6.07, 6.45) is 11.2. The summed E-state index contributed by atoms with van der Waals surface area (Å²) in [7, 11) is 0. The first-order valence-electron chi connectivity index (χ1n) is 11.1. The normalized spacial score (nSPS) is 19.7. The van der Waals surface area contributed by atoms with Gasteiger partial charge in [-0.05, 0) is 63.5 Å². The molecule has 1 fully saturated rings. The van der Waals surface area contributed by atoms with E-state index < -0.39 is 5.60 Å². The van der Waals surface area contributed by atoms with Crippen molar-refractivity contribution < 1.29 is 9.90 Å². The van der Waals surface area contributed by atoms with Crippen LogP contribution < -0.4 is 5.32 Å². The molecule has 1 saturated carbocycles. The zero-order valence-electron chi connectivity index (χ0n) is 18.7. The molecule has 1 aliphatic rings. The number of aromatic nitrogens is 4. The number of anilines is 1. The highest BCUT2D eigenvalue weighted by molar-refractivity contribution is 6.04. The van der Waals surface area contributed by atoms with E-state index in [9.17, 15) is 9.90 Å². The lowest BCUT2D eigenvalue weighted by molar-refractivity contribution is 0.0793. The van der Waals surface area contributed by atoms with E-state index in [4.69, 9.17) is 5.10 Å². The minimum Gasteiger partial charge on any atom is -0.386 e. The van der Waals surface area contributed by atoms with E-state index in [1.807, 2.05) is 12.1 Å². The van der Waals surface area contributed by atoms with E-state index in [2.05, 4.69) is 40.0 Å². The van der Waals surface area contributed by atoms with E-state index >= 15 is 0 Å². The highest BCUT2D eigenvalue weighted by atomic mass is 16.3. The SMILES string of the molecule is CC(C)[C@H]1CC[C@H](n2cc3cc(NC(=O)c4cnccn4)c(C(C)(C)O)cc3n2)CC1. The lowest BCUT2D eigenvalue weighted by Gasteiger charge is -2.30. The Labute approximate surface area is 182 Å². The van der Waals surface area contributed by atoms with Crippen LogP contribution in [0.1, 0.15) is 75.5 Å². The van der Waals surface area contributed by atoms with Crippen molar-refractivity contribution in [1.29, 1.82) is 0 Å². The summed E-state index contributed by atoms with van der Waals surface area (Å²) < 4.78 is 2.07. The molecular formula is C24H31N5O2. The molecule has 4 rings (SSSR count). The molecule has 164 valence electrons. The molecule has 1 aliphatic carbocycles. The van der Waals surface area contributed by atoms with Gasteiger partial charge in [-0.1, -0.05) is 13.8 Å². The number of rotatable bonds is 5. The Balaban J connectivity index is 1.64. The molecule has 0 bridgehead atoms. The number of carbonyl (C=O) groups is 1. The number of nitrogens with zero attached hydrogens (tertiary/aromatic N) is 4. The fourth-order valence-electron chi connectivity index (χ4n) is 4.52. The summed E-state index contributed by atoms with van der Waals surface area (Å²) in [5.74, 6) is 1.16. The first-order valence-corrected chi connectivity index (χ1v) is 11.1. The fourth-order valence-corrected chi connectivity index (χ4v) is 4.52. The maximum absolute atomic E-state index is 12.7. The van der Waals surface area contributed by atoms with Gasteiger partial charge in [-0.25, -0.2) is 4.98 Å². The van der Waals surface area contributed by atoms with Crippen LogP contribution in [0, 0.1) is 11.8 Å². The van der Waals surface area contributed by atoms with Gasteiger partial charge in [0.05, 0.1) is 23.4 Å². The minimum atomic E-state index is -1.14. The van der Waals surface area contributed by atoms with Crippen LogP contribution in [0.4, 0.5) is 5.69 Å². The number of hydrogen-bond acceptors (Lipinski definition) is 5. The van der Waals surface area contributed by atoms with Crippen LogP contribution in [-0.4, -0.2) is 30.8 Å². The van der Waals surface area contributed by atoms with Crippen LogP contribution in [0.3, 0.4) is 0 Å². The highest BCUT2D eigenvalue weighted by Gasteiger charge is 2.27. The van der Waals surface area contributed by atoms with Crippen molar-refractivity contribution in [2.75, 3.05) is 5.32 Å². The summed E-state index contributed by atoms with van der Waals surface area (Å²) in [6, 6.07) is 4.16. The maximum Gasteiger partial charge on any atom is 0.275 e. The Hall–Kier alpha value is -2.80. The first kappa shape index (κ1) is 21.4. The Morgan fingerprint density at radius 2 is 1.94 bits per heavy atom. The molecule has 0 atom stereocenters. The number of fused-ring (bicyclic) bond motifs is 1. The summed E-state index contributed by atoms with van der Waals surface area (Å²) in [4.78, 5) is 20.7. The summed E-state index contributed by atoms with van der Waals surface area (Å²) >= 11 is 0. The van der Waals surface area contributed by atoms with Crippen molar-refractivity contribution >= 4 is 22.5 Å². The number of hydrogen-bond donors (Lipinski definition) is 2. The summed E-state index contributed by atoms with van der Waals surface area (Å²) in [6.45, 7) is 8.02. The average molecular weight is 422 g/mol. The van der Waals surface area contributed by atoms with E-state index in [0.29, 0.717) is 17.3 Å². The highest BCUT2D eigenvalue weighted by Crippen LogP contribution is 2.37. The van der Waals surface area contributed by atoms with Gasteiger partial charge < -0.3 is 10.4 Å². The topological polar surface area (TPSA) is 92.9 Å². The average Bonchev–Trinajstić information content (AvgIpc) is 3.16. The van der Waals surface area contributed by atoms with Gasteiger partial charge in [-0.2, -0.15) is 5.10 Å². The minimum absolute atomic E-state index is 0.224. The molecule has 1 amide bonds. The number of aliphatic hydroxyl groups is 1. The molecule has 2 N–H and O–H groups in total. The van der Waals surface area contributed by atoms with Crippen LogP contribution in [-0.2, 0) is 5.60 Å². The lowest BCUT2D eigenvalue weighted by Crippen LogP contribution is -2.21. The Bertz CT molecular complexity index is 1060.